The van der Waals surface area contributed by atoms with E-state index in [0.29, 0.717) is 0 Å². The maximum Gasteiger partial charge on any atom is 0.295 e. The zero-order valence-electron chi connectivity index (χ0n) is 9.22. The summed E-state index contributed by atoms with van der Waals surface area (Å²) in [6.07, 6.45) is 1.17. The molecule has 1 heterocycles. The quantitative estimate of drug-likeness (QED) is 0.692. The summed E-state index contributed by atoms with van der Waals surface area (Å²) >= 11 is 5.59. The minimum absolute atomic E-state index is 0.0424. The fraction of sp³-hybridized carbons (Fsp3) is 0. The van der Waals surface area contributed by atoms with Gasteiger partial charge in [-0.1, -0.05) is 6.07 Å². The van der Waals surface area contributed by atoms with Crippen LogP contribution >= 0.6 is 11.6 Å². The van der Waals surface area contributed by atoms with Crippen LogP contribution in [0.2, 0.25) is 5.22 Å². The van der Waals surface area contributed by atoms with Gasteiger partial charge in [-0.25, -0.2) is 4.39 Å². The van der Waals surface area contributed by atoms with Crippen molar-refractivity contribution in [2.45, 2.75) is 0 Å². The first-order valence-electron chi connectivity index (χ1n) is 4.98. The summed E-state index contributed by atoms with van der Waals surface area (Å²) < 4.78 is 18.2. The highest BCUT2D eigenvalue weighted by Gasteiger charge is 2.22. The Labute approximate surface area is 110 Å². The van der Waals surface area contributed by atoms with Crippen molar-refractivity contribution in [3.63, 3.8) is 0 Å². The van der Waals surface area contributed by atoms with Crippen LogP contribution in [0, 0.1) is 15.9 Å². The lowest BCUT2D eigenvalue weighted by Gasteiger charge is -2.05. The number of carbonyl (C=O) groups is 1. The van der Waals surface area contributed by atoms with Gasteiger partial charge in [0, 0.05) is 6.07 Å². The van der Waals surface area contributed by atoms with Crippen LogP contribution in [0.4, 0.5) is 15.8 Å². The molecule has 1 aromatic carbocycles. The van der Waals surface area contributed by atoms with E-state index >= 15 is 0 Å². The van der Waals surface area contributed by atoms with E-state index in [-0.39, 0.29) is 10.8 Å². The highest BCUT2D eigenvalue weighted by atomic mass is 35.5. The van der Waals surface area contributed by atoms with Crippen LogP contribution in [0.3, 0.4) is 0 Å². The average Bonchev–Trinajstić information content (AvgIpc) is 2.77. The zero-order chi connectivity index (χ0) is 14.0. The minimum Gasteiger partial charge on any atom is -0.452 e. The first kappa shape index (κ1) is 13.0. The van der Waals surface area contributed by atoms with Crippen molar-refractivity contribution in [1.29, 1.82) is 0 Å². The number of nitrogens with one attached hydrogen (secondary N) is 1. The van der Waals surface area contributed by atoms with Gasteiger partial charge in [-0.3, -0.25) is 14.9 Å². The molecule has 0 bridgehead atoms. The third-order valence-corrected chi connectivity index (χ3v) is 2.58. The second-order valence-corrected chi connectivity index (χ2v) is 3.80. The van der Waals surface area contributed by atoms with E-state index in [1.807, 2.05) is 0 Å². The highest BCUT2D eigenvalue weighted by Crippen LogP contribution is 2.28. The van der Waals surface area contributed by atoms with E-state index in [9.17, 15) is 19.3 Å². The van der Waals surface area contributed by atoms with E-state index in [4.69, 9.17) is 16.0 Å². The summed E-state index contributed by atoms with van der Waals surface area (Å²) in [6, 6.07) is 4.52. The fourth-order valence-corrected chi connectivity index (χ4v) is 1.63. The second kappa shape index (κ2) is 5.07. The van der Waals surface area contributed by atoms with Crippen molar-refractivity contribution in [3.8, 4) is 0 Å². The van der Waals surface area contributed by atoms with Gasteiger partial charge < -0.3 is 9.73 Å². The van der Waals surface area contributed by atoms with Crippen molar-refractivity contribution in [2.24, 2.45) is 0 Å². The molecule has 0 aliphatic heterocycles. The topological polar surface area (TPSA) is 85.4 Å². The van der Waals surface area contributed by atoms with Crippen LogP contribution in [0.25, 0.3) is 0 Å². The van der Waals surface area contributed by atoms with E-state index in [0.717, 1.165) is 12.1 Å². The molecule has 0 unspecified atom stereocenters. The molecule has 98 valence electrons. The number of halogens is 2. The van der Waals surface area contributed by atoms with Gasteiger partial charge in [-0.2, -0.15) is 0 Å². The first-order chi connectivity index (χ1) is 9.00. The molecule has 19 heavy (non-hydrogen) atoms. The van der Waals surface area contributed by atoms with Crippen LogP contribution in [-0.2, 0) is 0 Å². The Morgan fingerprint density at radius 2 is 2.16 bits per heavy atom. The van der Waals surface area contributed by atoms with Crippen molar-refractivity contribution in [2.75, 3.05) is 5.32 Å². The number of nitro benzene ring substituents is 1. The molecule has 2 rings (SSSR count). The fourth-order valence-electron chi connectivity index (χ4n) is 1.43. The molecule has 0 fully saturated rings. The number of anilines is 1. The van der Waals surface area contributed by atoms with Gasteiger partial charge in [0.2, 0.25) is 5.22 Å². The van der Waals surface area contributed by atoms with Crippen LogP contribution in [-0.4, -0.2) is 10.8 Å². The Bertz CT molecular complexity index is 656. The van der Waals surface area contributed by atoms with Crippen LogP contribution < -0.4 is 5.32 Å². The second-order valence-electron chi connectivity index (χ2n) is 3.45. The number of furan rings is 1. The lowest BCUT2D eigenvalue weighted by molar-refractivity contribution is -0.384. The van der Waals surface area contributed by atoms with E-state index in [2.05, 4.69) is 5.32 Å². The van der Waals surface area contributed by atoms with Crippen molar-refractivity contribution >= 4 is 28.9 Å². The summed E-state index contributed by atoms with van der Waals surface area (Å²) in [5.74, 6) is -1.71. The minimum atomic E-state index is -0.915. The van der Waals surface area contributed by atoms with E-state index in [1.54, 1.807) is 0 Å². The van der Waals surface area contributed by atoms with Crippen LogP contribution in [0.1, 0.15) is 10.4 Å². The molecule has 1 N–H and O–H groups in total. The van der Waals surface area contributed by atoms with E-state index in [1.165, 1.54) is 18.4 Å². The molecule has 1 amide bonds. The summed E-state index contributed by atoms with van der Waals surface area (Å²) in [6.45, 7) is 0. The molecule has 6 nitrogen and oxygen atoms in total. The number of amides is 1. The predicted molar refractivity (Wildman–Crippen MR) is 64.7 cm³/mol. The molecule has 0 saturated carbocycles. The van der Waals surface area contributed by atoms with Crippen LogP contribution in [0.5, 0.6) is 0 Å². The molecular weight excluding hydrogens is 279 g/mol. The number of hydrogen-bond acceptors (Lipinski definition) is 4. The number of carbonyl (C=O) groups excluding carboxylic acids is 1. The van der Waals surface area contributed by atoms with Crippen molar-refractivity contribution in [3.05, 3.63) is 57.2 Å². The summed E-state index contributed by atoms with van der Waals surface area (Å²) in [4.78, 5) is 21.7. The number of benzene rings is 1. The highest BCUT2D eigenvalue weighted by molar-refractivity contribution is 6.32. The predicted octanol–water partition coefficient (Wildman–Crippen LogP) is 3.23. The van der Waals surface area contributed by atoms with Gasteiger partial charge in [0.25, 0.3) is 11.6 Å². The molecule has 0 aliphatic carbocycles. The van der Waals surface area contributed by atoms with Crippen LogP contribution in [0.15, 0.2) is 34.9 Å². The number of para-hydroxylation sites is 1. The Balaban J connectivity index is 2.36. The number of hydrogen-bond donors (Lipinski definition) is 1. The normalized spacial score (nSPS) is 10.2. The molecule has 0 spiro atoms. The summed E-state index contributed by atoms with van der Waals surface area (Å²) in [5, 5.41) is 12.7. The first-order valence-corrected chi connectivity index (χ1v) is 5.35. The summed E-state index contributed by atoms with van der Waals surface area (Å²) in [7, 11) is 0. The summed E-state index contributed by atoms with van der Waals surface area (Å²) in [5.41, 5.74) is -1.11. The molecular formula is C11H6ClFN2O4. The van der Waals surface area contributed by atoms with Gasteiger partial charge in [-0.15, -0.1) is 0 Å². The Kier molecular flexibility index (Phi) is 3.48. The molecule has 0 radical (unpaired) electrons. The van der Waals surface area contributed by atoms with Gasteiger partial charge in [0.05, 0.1) is 16.7 Å². The lowest BCUT2D eigenvalue weighted by Crippen LogP contribution is -2.14. The Hall–Kier alpha value is -2.41. The average molecular weight is 285 g/mol. The Morgan fingerprint density at radius 3 is 2.74 bits per heavy atom. The number of rotatable bonds is 3. The number of nitrogens with zero attached hydrogens (tertiary/aromatic N) is 1. The molecule has 1 aromatic heterocycles. The standard InChI is InChI=1S/C11H6ClFN2O4/c12-10-6(4-5-19-10)11(16)14-9-7(13)2-1-3-8(9)15(17)18/h1-5H,(H,14,16). The maximum atomic E-state index is 13.5. The molecule has 0 atom stereocenters. The van der Waals surface area contributed by atoms with E-state index < -0.39 is 28.0 Å². The van der Waals surface area contributed by atoms with Gasteiger partial charge in [-0.05, 0) is 23.7 Å². The monoisotopic (exact) mass is 284 g/mol. The lowest BCUT2D eigenvalue weighted by atomic mass is 10.2. The van der Waals surface area contributed by atoms with Gasteiger partial charge >= 0.3 is 0 Å². The third kappa shape index (κ3) is 2.55. The van der Waals surface area contributed by atoms with Gasteiger partial charge in [0.15, 0.2) is 11.5 Å². The zero-order valence-corrected chi connectivity index (χ0v) is 9.98. The maximum absolute atomic E-state index is 13.5. The smallest absolute Gasteiger partial charge is 0.295 e. The molecule has 2 aromatic rings. The SMILES string of the molecule is O=C(Nc1c(F)cccc1[N+](=O)[O-])c1ccoc1Cl. The van der Waals surface area contributed by atoms with Gasteiger partial charge in [0.1, 0.15) is 0 Å². The number of nitro groups is 1. The largest absolute Gasteiger partial charge is 0.452 e. The van der Waals surface area contributed by atoms with Crippen molar-refractivity contribution in [1.82, 2.24) is 0 Å². The molecule has 0 aliphatic rings. The molecule has 8 heteroatoms. The molecule has 0 saturated heterocycles. The Morgan fingerprint density at radius 1 is 1.42 bits per heavy atom. The van der Waals surface area contributed by atoms with Crippen molar-refractivity contribution < 1.29 is 18.5 Å². The third-order valence-electron chi connectivity index (χ3n) is 2.29.